The molecule has 6 heteroatoms. The van der Waals surface area contributed by atoms with E-state index in [9.17, 15) is 18.0 Å². The molecule has 3 nitrogen and oxygen atoms in total. The van der Waals surface area contributed by atoms with E-state index in [1.807, 2.05) is 0 Å². The molecule has 0 fully saturated rings. The van der Waals surface area contributed by atoms with Crippen LogP contribution in [0.3, 0.4) is 0 Å². The third-order valence-electron chi connectivity index (χ3n) is 3.61. The van der Waals surface area contributed by atoms with E-state index in [0.717, 1.165) is 17.7 Å². The fourth-order valence-corrected chi connectivity index (χ4v) is 2.36. The van der Waals surface area contributed by atoms with Crippen molar-refractivity contribution in [2.24, 2.45) is 0 Å². The Bertz CT molecular complexity index is 883. The summed E-state index contributed by atoms with van der Waals surface area (Å²) in [5, 5.41) is 0. The summed E-state index contributed by atoms with van der Waals surface area (Å²) in [5.41, 5.74) is 1.16. The van der Waals surface area contributed by atoms with Crippen molar-refractivity contribution in [2.75, 3.05) is 4.90 Å². The molecule has 0 N–H and O–H groups in total. The van der Waals surface area contributed by atoms with Crippen LogP contribution < -0.4 is 4.90 Å². The highest BCUT2D eigenvalue weighted by Gasteiger charge is 2.20. The van der Waals surface area contributed by atoms with Crippen LogP contribution in [0.1, 0.15) is 15.9 Å². The van der Waals surface area contributed by atoms with Gasteiger partial charge in [-0.05, 0) is 54.1 Å². The minimum Gasteiger partial charge on any atom is -0.304 e. The molecule has 126 valence electrons. The maximum atomic E-state index is 13.5. The highest BCUT2D eigenvalue weighted by molar-refractivity contribution is 6.06. The Balaban J connectivity index is 1.98. The van der Waals surface area contributed by atoms with E-state index >= 15 is 0 Å². The molecule has 2 aromatic carbocycles. The quantitative estimate of drug-likeness (QED) is 0.706. The Labute approximate surface area is 142 Å². The van der Waals surface area contributed by atoms with Gasteiger partial charge in [0, 0.05) is 23.6 Å². The molecule has 0 aliphatic heterocycles. The summed E-state index contributed by atoms with van der Waals surface area (Å²) in [5.74, 6) is -3.11. The second kappa shape index (κ2) is 7.17. The Kier molecular flexibility index (Phi) is 4.79. The lowest BCUT2D eigenvalue weighted by Gasteiger charge is -2.23. The predicted molar refractivity (Wildman–Crippen MR) is 87.5 cm³/mol. The smallest absolute Gasteiger partial charge is 0.258 e. The maximum Gasteiger partial charge on any atom is 0.258 e. The zero-order chi connectivity index (χ0) is 17.8. The van der Waals surface area contributed by atoms with Gasteiger partial charge in [-0.2, -0.15) is 0 Å². The van der Waals surface area contributed by atoms with E-state index in [0.29, 0.717) is 5.69 Å². The molecule has 3 rings (SSSR count). The summed E-state index contributed by atoms with van der Waals surface area (Å²) in [4.78, 5) is 18.2. The van der Waals surface area contributed by atoms with Crippen molar-refractivity contribution in [3.05, 3.63) is 95.6 Å². The van der Waals surface area contributed by atoms with Gasteiger partial charge < -0.3 is 4.90 Å². The van der Waals surface area contributed by atoms with Gasteiger partial charge in [-0.3, -0.25) is 9.78 Å². The SMILES string of the molecule is O=C(c1ccc(F)c(F)c1)N(Cc1cccnc1)c1ccc(F)cc1. The molecular weight excluding hydrogens is 329 g/mol. The van der Waals surface area contributed by atoms with Gasteiger partial charge in [-0.25, -0.2) is 13.2 Å². The monoisotopic (exact) mass is 342 g/mol. The lowest BCUT2D eigenvalue weighted by molar-refractivity contribution is 0.0984. The Morgan fingerprint density at radius 1 is 0.960 bits per heavy atom. The first-order chi connectivity index (χ1) is 12.0. The minimum atomic E-state index is -1.11. The third-order valence-corrected chi connectivity index (χ3v) is 3.61. The maximum absolute atomic E-state index is 13.5. The number of carbonyl (C=O) groups is 1. The van der Waals surface area contributed by atoms with Gasteiger partial charge in [0.05, 0.1) is 6.54 Å². The predicted octanol–water partition coefficient (Wildman–Crippen LogP) is 4.35. The number of carbonyl (C=O) groups excluding carboxylic acids is 1. The first kappa shape index (κ1) is 16.7. The molecule has 0 saturated heterocycles. The molecular formula is C19H13F3N2O. The van der Waals surface area contributed by atoms with Crippen molar-refractivity contribution in [1.82, 2.24) is 4.98 Å². The van der Waals surface area contributed by atoms with Gasteiger partial charge in [0.25, 0.3) is 5.91 Å². The second-order valence-electron chi connectivity index (χ2n) is 5.36. The molecule has 0 unspecified atom stereocenters. The lowest BCUT2D eigenvalue weighted by atomic mass is 10.1. The zero-order valence-corrected chi connectivity index (χ0v) is 13.0. The summed E-state index contributed by atoms with van der Waals surface area (Å²) in [6.07, 6.45) is 3.19. The molecule has 0 atom stereocenters. The summed E-state index contributed by atoms with van der Waals surface area (Å²) >= 11 is 0. The van der Waals surface area contributed by atoms with E-state index in [1.165, 1.54) is 35.2 Å². The Hall–Kier alpha value is -3.15. The number of halogens is 3. The van der Waals surface area contributed by atoms with Gasteiger partial charge >= 0.3 is 0 Å². The highest BCUT2D eigenvalue weighted by Crippen LogP contribution is 2.21. The normalized spacial score (nSPS) is 10.5. The first-order valence-corrected chi connectivity index (χ1v) is 7.46. The van der Waals surface area contributed by atoms with Crippen LogP contribution in [0.5, 0.6) is 0 Å². The van der Waals surface area contributed by atoms with Crippen LogP contribution in [0.4, 0.5) is 18.9 Å². The molecule has 0 radical (unpaired) electrons. The molecule has 1 amide bonds. The van der Waals surface area contributed by atoms with Crippen LogP contribution in [-0.4, -0.2) is 10.9 Å². The van der Waals surface area contributed by atoms with E-state index in [-0.39, 0.29) is 12.1 Å². The first-order valence-electron chi connectivity index (χ1n) is 7.46. The number of hydrogen-bond donors (Lipinski definition) is 0. The van der Waals surface area contributed by atoms with Crippen LogP contribution in [0.15, 0.2) is 67.0 Å². The number of anilines is 1. The van der Waals surface area contributed by atoms with Gasteiger partial charge in [0.2, 0.25) is 0 Å². The van der Waals surface area contributed by atoms with Crippen molar-refractivity contribution < 1.29 is 18.0 Å². The average Bonchev–Trinajstić information content (AvgIpc) is 2.63. The number of benzene rings is 2. The van der Waals surface area contributed by atoms with E-state index in [2.05, 4.69) is 4.98 Å². The van der Waals surface area contributed by atoms with Crippen LogP contribution in [0.25, 0.3) is 0 Å². The summed E-state index contributed by atoms with van der Waals surface area (Å²) in [7, 11) is 0. The molecule has 0 saturated carbocycles. The van der Waals surface area contributed by atoms with E-state index < -0.39 is 23.4 Å². The number of nitrogens with zero attached hydrogens (tertiary/aromatic N) is 2. The van der Waals surface area contributed by atoms with E-state index in [1.54, 1.807) is 24.5 Å². The molecule has 0 aliphatic rings. The van der Waals surface area contributed by atoms with Crippen LogP contribution in [0.2, 0.25) is 0 Å². The Morgan fingerprint density at radius 2 is 1.72 bits per heavy atom. The lowest BCUT2D eigenvalue weighted by Crippen LogP contribution is -2.30. The molecule has 0 spiro atoms. The van der Waals surface area contributed by atoms with Gasteiger partial charge in [0.15, 0.2) is 11.6 Å². The van der Waals surface area contributed by atoms with Gasteiger partial charge in [-0.1, -0.05) is 6.07 Å². The number of pyridine rings is 1. The molecule has 25 heavy (non-hydrogen) atoms. The molecule has 1 heterocycles. The van der Waals surface area contributed by atoms with Crippen molar-refractivity contribution in [3.63, 3.8) is 0 Å². The van der Waals surface area contributed by atoms with E-state index in [4.69, 9.17) is 0 Å². The van der Waals surface area contributed by atoms with Crippen molar-refractivity contribution in [3.8, 4) is 0 Å². The van der Waals surface area contributed by atoms with Crippen LogP contribution in [-0.2, 0) is 6.54 Å². The molecule has 1 aromatic heterocycles. The summed E-state index contributed by atoms with van der Waals surface area (Å²) in [6, 6.07) is 11.8. The molecule has 0 bridgehead atoms. The zero-order valence-electron chi connectivity index (χ0n) is 13.0. The van der Waals surface area contributed by atoms with Crippen molar-refractivity contribution in [1.29, 1.82) is 0 Å². The molecule has 0 aliphatic carbocycles. The van der Waals surface area contributed by atoms with Gasteiger partial charge in [0.1, 0.15) is 5.82 Å². The summed E-state index contributed by atoms with van der Waals surface area (Å²) in [6.45, 7) is 0.150. The number of amides is 1. The minimum absolute atomic E-state index is 0.00730. The van der Waals surface area contributed by atoms with Crippen molar-refractivity contribution in [2.45, 2.75) is 6.54 Å². The van der Waals surface area contributed by atoms with Gasteiger partial charge in [-0.15, -0.1) is 0 Å². The fourth-order valence-electron chi connectivity index (χ4n) is 2.36. The average molecular weight is 342 g/mol. The third kappa shape index (κ3) is 3.85. The molecule has 3 aromatic rings. The number of aromatic nitrogens is 1. The number of hydrogen-bond acceptors (Lipinski definition) is 2. The summed E-state index contributed by atoms with van der Waals surface area (Å²) < 4.78 is 39.8. The van der Waals surface area contributed by atoms with Crippen LogP contribution in [0, 0.1) is 17.5 Å². The van der Waals surface area contributed by atoms with Crippen molar-refractivity contribution >= 4 is 11.6 Å². The second-order valence-corrected chi connectivity index (χ2v) is 5.36. The number of rotatable bonds is 4. The highest BCUT2D eigenvalue weighted by atomic mass is 19.2. The fraction of sp³-hybridized carbons (Fsp3) is 0.0526. The largest absolute Gasteiger partial charge is 0.304 e. The topological polar surface area (TPSA) is 33.2 Å². The van der Waals surface area contributed by atoms with Crippen LogP contribution >= 0.6 is 0 Å². The Morgan fingerprint density at radius 3 is 2.36 bits per heavy atom. The standard InChI is InChI=1S/C19H13F3N2O/c20-15-4-6-16(7-5-15)24(12-13-2-1-9-23-11-13)19(25)14-3-8-17(21)18(22)10-14/h1-11H,12H2.